The first kappa shape index (κ1) is 14.3. The smallest absolute Gasteiger partial charge is 0.311 e. The first-order chi connectivity index (χ1) is 8.45. The quantitative estimate of drug-likeness (QED) is 0.847. The molecule has 19 heavy (non-hydrogen) atoms. The molecule has 0 amide bonds. The average molecular weight is 303 g/mol. The molecule has 110 valence electrons. The number of rotatable bonds is 2. The van der Waals surface area contributed by atoms with Crippen molar-refractivity contribution in [3.05, 3.63) is 18.3 Å². The summed E-state index contributed by atoms with van der Waals surface area (Å²) in [5.41, 5.74) is 0. The number of aromatic nitrogens is 1. The van der Waals surface area contributed by atoms with Gasteiger partial charge in [0, 0.05) is 25.7 Å². The minimum Gasteiger partial charge on any atom is -0.354 e. The number of hydrogen-bond acceptors (Lipinski definition) is 3. The molecule has 0 bridgehead atoms. The highest BCUT2D eigenvalue weighted by Crippen LogP contribution is 3.02. The molecule has 1 saturated heterocycles. The zero-order valence-electron chi connectivity index (χ0n) is 10.1. The molecule has 0 spiro atoms. The van der Waals surface area contributed by atoms with Crippen molar-refractivity contribution < 1.29 is 19.4 Å². The number of nitrogens with zero attached hydrogens (tertiary/aromatic N) is 2. The van der Waals surface area contributed by atoms with Crippen LogP contribution in [0, 0.1) is 0 Å². The summed E-state index contributed by atoms with van der Waals surface area (Å²) in [5.74, 6) is 0.277. The fourth-order valence-electron chi connectivity index (χ4n) is 1.93. The van der Waals surface area contributed by atoms with Crippen LogP contribution in [0.2, 0.25) is 0 Å². The molecular formula is C10H14F5N3S. The summed E-state index contributed by atoms with van der Waals surface area (Å²) in [6.07, 6.45) is 0.212. The van der Waals surface area contributed by atoms with E-state index < -0.39 is 15.1 Å². The lowest BCUT2D eigenvalue weighted by Gasteiger charge is -2.40. The normalized spacial score (nSPS) is 24.7. The van der Waals surface area contributed by atoms with Crippen LogP contribution in [0.5, 0.6) is 0 Å². The zero-order valence-corrected chi connectivity index (χ0v) is 10.9. The minimum atomic E-state index is -9.62. The predicted octanol–water partition coefficient (Wildman–Crippen LogP) is 3.54. The van der Waals surface area contributed by atoms with Gasteiger partial charge in [0.25, 0.3) is 0 Å². The van der Waals surface area contributed by atoms with Crippen molar-refractivity contribution in [3.63, 3.8) is 0 Å². The fourth-order valence-corrected chi connectivity index (χ4v) is 2.51. The van der Waals surface area contributed by atoms with Gasteiger partial charge in [-0.2, -0.15) is 0 Å². The van der Waals surface area contributed by atoms with Gasteiger partial charge in [0.1, 0.15) is 10.7 Å². The minimum absolute atomic E-state index is 0.172. The summed E-state index contributed by atoms with van der Waals surface area (Å²) in [4.78, 5) is 3.33. The summed E-state index contributed by atoms with van der Waals surface area (Å²) >= 11 is 0. The van der Waals surface area contributed by atoms with Crippen molar-refractivity contribution in [2.24, 2.45) is 0 Å². The standard InChI is InChI=1S/C10H14F5N3S/c1-8-7-18(5-4-16-8)10-3-2-9(6-17-10)19(11,12,13,14)15/h2-3,6,8,16H,4-5,7H2,1H3. The highest BCUT2D eigenvalue weighted by atomic mass is 32.5. The maximum atomic E-state index is 12.5. The Hall–Kier alpha value is -1.09. The Labute approximate surface area is 107 Å². The number of anilines is 1. The lowest BCUT2D eigenvalue weighted by Crippen LogP contribution is -2.49. The average Bonchev–Trinajstić information content (AvgIpc) is 2.26. The summed E-state index contributed by atoms with van der Waals surface area (Å²) < 4.78 is 62.6. The van der Waals surface area contributed by atoms with Crippen LogP contribution in [-0.2, 0) is 0 Å². The first-order valence-corrected chi connectivity index (χ1v) is 7.59. The van der Waals surface area contributed by atoms with E-state index in [1.54, 1.807) is 4.90 Å². The van der Waals surface area contributed by atoms with Crippen LogP contribution in [0.4, 0.5) is 25.2 Å². The lowest BCUT2D eigenvalue weighted by atomic mass is 10.2. The van der Waals surface area contributed by atoms with E-state index in [0.29, 0.717) is 25.7 Å². The molecule has 3 nitrogen and oxygen atoms in total. The molecule has 1 atom stereocenters. The molecule has 9 heteroatoms. The molecule has 0 aliphatic carbocycles. The second kappa shape index (κ2) is 3.72. The molecule has 1 fully saturated rings. The predicted molar refractivity (Wildman–Crippen MR) is 65.3 cm³/mol. The van der Waals surface area contributed by atoms with E-state index in [9.17, 15) is 19.4 Å². The maximum Gasteiger partial charge on any atom is 0.311 e. The Morgan fingerprint density at radius 2 is 1.95 bits per heavy atom. The first-order valence-electron chi connectivity index (χ1n) is 5.64. The van der Waals surface area contributed by atoms with Crippen molar-refractivity contribution in [2.45, 2.75) is 17.9 Å². The number of piperazine rings is 1. The summed E-state index contributed by atoms with van der Waals surface area (Å²) in [7, 11) is -9.62. The highest BCUT2D eigenvalue weighted by Gasteiger charge is 2.65. The summed E-state index contributed by atoms with van der Waals surface area (Å²) in [6.45, 7) is 3.75. The van der Waals surface area contributed by atoms with Crippen LogP contribution in [0.3, 0.4) is 0 Å². The van der Waals surface area contributed by atoms with Gasteiger partial charge in [-0.25, -0.2) is 4.98 Å². The fraction of sp³-hybridized carbons (Fsp3) is 0.500. The monoisotopic (exact) mass is 303 g/mol. The van der Waals surface area contributed by atoms with E-state index >= 15 is 0 Å². The van der Waals surface area contributed by atoms with Gasteiger partial charge in [-0.05, 0) is 19.1 Å². The van der Waals surface area contributed by atoms with Gasteiger partial charge in [-0.1, -0.05) is 19.4 Å². The second-order valence-electron chi connectivity index (χ2n) is 4.62. The molecule has 1 aromatic rings. The van der Waals surface area contributed by atoms with Gasteiger partial charge in [0.2, 0.25) is 0 Å². The SMILES string of the molecule is CC1CN(c2ccc(S(F)(F)(F)(F)F)cn2)CCN1. The number of nitrogens with one attached hydrogen (secondary N) is 1. The van der Waals surface area contributed by atoms with Crippen LogP contribution in [0.25, 0.3) is 0 Å². The van der Waals surface area contributed by atoms with Crippen molar-refractivity contribution in [3.8, 4) is 0 Å². The van der Waals surface area contributed by atoms with Gasteiger partial charge in [-0.3, -0.25) is 0 Å². The van der Waals surface area contributed by atoms with Crippen LogP contribution in [-0.4, -0.2) is 30.7 Å². The molecule has 1 unspecified atom stereocenters. The third-order valence-corrected chi connectivity index (χ3v) is 3.99. The topological polar surface area (TPSA) is 28.2 Å². The molecule has 0 saturated carbocycles. The van der Waals surface area contributed by atoms with Crippen molar-refractivity contribution in [1.82, 2.24) is 10.3 Å². The molecule has 1 aliphatic heterocycles. The van der Waals surface area contributed by atoms with Gasteiger partial charge < -0.3 is 10.2 Å². The van der Waals surface area contributed by atoms with Crippen molar-refractivity contribution in [1.29, 1.82) is 0 Å². The van der Waals surface area contributed by atoms with Crippen LogP contribution in [0.15, 0.2) is 23.2 Å². The van der Waals surface area contributed by atoms with E-state index in [1.165, 1.54) is 0 Å². The third-order valence-electron chi connectivity index (χ3n) is 2.86. The second-order valence-corrected chi connectivity index (χ2v) is 7.03. The maximum absolute atomic E-state index is 12.5. The largest absolute Gasteiger partial charge is 0.354 e. The summed E-state index contributed by atoms with van der Waals surface area (Å²) in [6, 6.07) is 1.56. The molecule has 1 aromatic heterocycles. The van der Waals surface area contributed by atoms with Gasteiger partial charge in [0.15, 0.2) is 0 Å². The third kappa shape index (κ3) is 3.47. The van der Waals surface area contributed by atoms with E-state index in [2.05, 4.69) is 10.3 Å². The van der Waals surface area contributed by atoms with E-state index in [0.717, 1.165) is 6.07 Å². The Bertz CT molecular complexity index is 472. The number of pyridine rings is 1. The van der Waals surface area contributed by atoms with E-state index in [-0.39, 0.29) is 18.1 Å². The lowest BCUT2D eigenvalue weighted by molar-refractivity contribution is 0.363. The molecule has 2 rings (SSSR count). The Balaban J connectivity index is 2.25. The van der Waals surface area contributed by atoms with Gasteiger partial charge in [-0.15, -0.1) is 0 Å². The highest BCUT2D eigenvalue weighted by molar-refractivity contribution is 8.45. The zero-order chi connectivity index (χ0) is 14.4. The van der Waals surface area contributed by atoms with Crippen LogP contribution in [0.1, 0.15) is 6.92 Å². The number of halogens is 5. The molecule has 1 aliphatic rings. The molecular weight excluding hydrogens is 289 g/mol. The van der Waals surface area contributed by atoms with Crippen LogP contribution < -0.4 is 10.2 Å². The van der Waals surface area contributed by atoms with Gasteiger partial charge in [0.05, 0.1) is 6.20 Å². The Kier molecular flexibility index (Phi) is 2.81. The molecule has 2 heterocycles. The summed E-state index contributed by atoms with van der Waals surface area (Å²) in [5, 5.41) is 3.17. The number of hydrogen-bond donors (Lipinski definition) is 1. The molecule has 1 N–H and O–H groups in total. The van der Waals surface area contributed by atoms with Crippen molar-refractivity contribution in [2.75, 3.05) is 24.5 Å². The molecule has 0 radical (unpaired) electrons. The Morgan fingerprint density at radius 3 is 2.42 bits per heavy atom. The molecule has 0 aromatic carbocycles. The van der Waals surface area contributed by atoms with Crippen LogP contribution >= 0.6 is 10.2 Å². The van der Waals surface area contributed by atoms with E-state index in [1.807, 2.05) is 6.92 Å². The van der Waals surface area contributed by atoms with E-state index in [4.69, 9.17) is 0 Å². The van der Waals surface area contributed by atoms with Crippen molar-refractivity contribution >= 4 is 16.0 Å². The Morgan fingerprint density at radius 1 is 1.26 bits per heavy atom. The van der Waals surface area contributed by atoms with Gasteiger partial charge >= 0.3 is 10.2 Å².